The normalized spacial score (nSPS) is 14.3. The average Bonchev–Trinajstić information content (AvgIpc) is 3.20. The second-order valence-corrected chi connectivity index (χ2v) is 5.76. The molecule has 1 saturated carbocycles. The molecule has 0 unspecified atom stereocenters. The molecule has 1 fully saturated rings. The largest absolute Gasteiger partial charge is 0.397 e. The first-order valence-electron chi connectivity index (χ1n) is 6.40. The lowest BCUT2D eigenvalue weighted by atomic mass is 10.1. The van der Waals surface area contributed by atoms with Crippen LogP contribution in [0.4, 0.5) is 10.7 Å². The summed E-state index contributed by atoms with van der Waals surface area (Å²) in [4.78, 5) is 26.6. The van der Waals surface area contributed by atoms with Gasteiger partial charge in [0.05, 0.1) is 16.1 Å². The summed E-state index contributed by atoms with van der Waals surface area (Å²) in [5, 5.41) is 3.36. The smallest absolute Gasteiger partial charge is 0.256 e. The number of Topliss-reactive ketones (excluding diaryl/α,β-unsaturated/α-hetero) is 1. The van der Waals surface area contributed by atoms with Gasteiger partial charge in [-0.1, -0.05) is 0 Å². The summed E-state index contributed by atoms with van der Waals surface area (Å²) in [5.41, 5.74) is 6.80. The Morgan fingerprint density at radius 3 is 2.58 bits per heavy atom. The second kappa shape index (κ2) is 5.21. The van der Waals surface area contributed by atoms with Crippen molar-refractivity contribution in [1.82, 2.24) is 5.32 Å². The van der Waals surface area contributed by atoms with Crippen molar-refractivity contribution in [2.24, 2.45) is 5.92 Å². The summed E-state index contributed by atoms with van der Waals surface area (Å²) in [5.74, 6) is -0.0411. The monoisotopic (exact) mass is 281 g/mol. The molecule has 1 aliphatic carbocycles. The number of nitrogens with two attached hydrogens (primary N) is 1. The van der Waals surface area contributed by atoms with Gasteiger partial charge >= 0.3 is 0 Å². The molecule has 0 aliphatic heterocycles. The Labute approximate surface area is 116 Å². The van der Waals surface area contributed by atoms with Crippen molar-refractivity contribution in [2.75, 3.05) is 31.3 Å². The van der Waals surface area contributed by atoms with E-state index in [2.05, 4.69) is 5.32 Å². The van der Waals surface area contributed by atoms with Crippen LogP contribution < -0.4 is 16.0 Å². The van der Waals surface area contributed by atoms with E-state index < -0.39 is 0 Å². The van der Waals surface area contributed by atoms with Crippen LogP contribution in [-0.4, -0.2) is 32.3 Å². The van der Waals surface area contributed by atoms with Crippen LogP contribution in [-0.2, 0) is 0 Å². The molecule has 104 valence electrons. The van der Waals surface area contributed by atoms with Crippen LogP contribution in [0, 0.1) is 5.92 Å². The molecule has 3 N–H and O–H groups in total. The zero-order valence-electron chi connectivity index (χ0n) is 11.4. The lowest BCUT2D eigenvalue weighted by molar-refractivity contribution is 0.0964. The number of nitrogen functional groups attached to an aromatic ring is 1. The van der Waals surface area contributed by atoms with Crippen molar-refractivity contribution in [2.45, 2.75) is 19.8 Å². The molecule has 0 aromatic carbocycles. The maximum absolute atomic E-state index is 12.2. The Hall–Kier alpha value is -1.56. The predicted octanol–water partition coefficient (Wildman–Crippen LogP) is 1.74. The van der Waals surface area contributed by atoms with Gasteiger partial charge in [-0.3, -0.25) is 9.59 Å². The maximum atomic E-state index is 12.2. The van der Waals surface area contributed by atoms with Crippen LogP contribution in [0.15, 0.2) is 0 Å². The van der Waals surface area contributed by atoms with Gasteiger partial charge in [-0.2, -0.15) is 0 Å². The highest BCUT2D eigenvalue weighted by molar-refractivity contribution is 7.19. The number of anilines is 2. The molecule has 1 aromatic heterocycles. The molecular weight excluding hydrogens is 262 g/mol. The Kier molecular flexibility index (Phi) is 3.80. The summed E-state index contributed by atoms with van der Waals surface area (Å²) in [6, 6.07) is 0. The van der Waals surface area contributed by atoms with E-state index in [1.807, 2.05) is 18.9 Å². The second-order valence-electron chi connectivity index (χ2n) is 4.76. The van der Waals surface area contributed by atoms with E-state index in [4.69, 9.17) is 5.73 Å². The zero-order chi connectivity index (χ0) is 14.2. The Bertz CT molecular complexity index is 520. The number of hydrogen-bond acceptors (Lipinski definition) is 5. The molecule has 19 heavy (non-hydrogen) atoms. The summed E-state index contributed by atoms with van der Waals surface area (Å²) < 4.78 is 0. The fourth-order valence-corrected chi connectivity index (χ4v) is 3.16. The molecular formula is C13H19N3O2S. The summed E-state index contributed by atoms with van der Waals surface area (Å²) in [6.07, 6.45) is 1.87. The van der Waals surface area contributed by atoms with Gasteiger partial charge < -0.3 is 16.0 Å². The predicted molar refractivity (Wildman–Crippen MR) is 78.1 cm³/mol. The number of nitrogens with one attached hydrogen (secondary N) is 1. The molecule has 0 spiro atoms. The van der Waals surface area contributed by atoms with Gasteiger partial charge in [0, 0.05) is 26.6 Å². The van der Waals surface area contributed by atoms with Crippen LogP contribution in [0.2, 0.25) is 0 Å². The fourth-order valence-electron chi connectivity index (χ4n) is 1.90. The van der Waals surface area contributed by atoms with Crippen LogP contribution in [0.3, 0.4) is 0 Å². The van der Waals surface area contributed by atoms with E-state index in [0.717, 1.165) is 24.4 Å². The zero-order valence-corrected chi connectivity index (χ0v) is 12.3. The quantitative estimate of drug-likeness (QED) is 0.806. The molecule has 6 heteroatoms. The lowest BCUT2D eigenvalue weighted by Crippen LogP contribution is -2.23. The SMILES string of the molecule is CCN(C)c1sc(C(=O)C2CC2)c(N)c1C(=O)NC. The highest BCUT2D eigenvalue weighted by Crippen LogP contribution is 2.42. The third kappa shape index (κ3) is 2.45. The van der Waals surface area contributed by atoms with Gasteiger partial charge in [-0.25, -0.2) is 0 Å². The first-order chi connectivity index (χ1) is 9.01. The van der Waals surface area contributed by atoms with Crippen LogP contribution in [0.25, 0.3) is 0 Å². The van der Waals surface area contributed by atoms with E-state index in [9.17, 15) is 9.59 Å². The highest BCUT2D eigenvalue weighted by atomic mass is 32.1. The molecule has 1 heterocycles. The number of ketones is 1. The summed E-state index contributed by atoms with van der Waals surface area (Å²) >= 11 is 1.33. The Morgan fingerprint density at radius 2 is 2.11 bits per heavy atom. The number of thiophene rings is 1. The number of rotatable bonds is 5. The third-order valence-corrected chi connectivity index (χ3v) is 4.71. The van der Waals surface area contributed by atoms with Crippen molar-refractivity contribution >= 4 is 33.7 Å². The molecule has 0 radical (unpaired) electrons. The van der Waals surface area contributed by atoms with Gasteiger partial charge in [-0.05, 0) is 19.8 Å². The molecule has 1 aliphatic rings. The maximum Gasteiger partial charge on any atom is 0.256 e. The topological polar surface area (TPSA) is 75.4 Å². The minimum atomic E-state index is -0.237. The molecule has 0 saturated heterocycles. The average molecular weight is 281 g/mol. The molecule has 5 nitrogen and oxygen atoms in total. The molecule has 1 amide bonds. The van der Waals surface area contributed by atoms with Crippen LogP contribution in [0.5, 0.6) is 0 Å². The first kappa shape index (κ1) is 13.9. The van der Waals surface area contributed by atoms with E-state index in [-0.39, 0.29) is 17.6 Å². The standard InChI is InChI=1S/C13H19N3O2S/c1-4-16(3)13-8(12(18)15-2)9(14)11(19-13)10(17)7-5-6-7/h7H,4-6,14H2,1-3H3,(H,15,18). The van der Waals surface area contributed by atoms with Gasteiger partial charge in [0.2, 0.25) is 0 Å². The fraction of sp³-hybridized carbons (Fsp3) is 0.538. The van der Waals surface area contributed by atoms with E-state index >= 15 is 0 Å². The molecule has 0 bridgehead atoms. The number of nitrogens with zero attached hydrogens (tertiary/aromatic N) is 1. The number of carbonyl (C=O) groups excluding carboxylic acids is 2. The van der Waals surface area contributed by atoms with Crippen LogP contribution in [0.1, 0.15) is 39.8 Å². The van der Waals surface area contributed by atoms with Crippen molar-refractivity contribution in [3.63, 3.8) is 0 Å². The Balaban J connectivity index is 2.49. The van der Waals surface area contributed by atoms with Gasteiger partial charge in [0.1, 0.15) is 5.00 Å². The number of carbonyl (C=O) groups is 2. The van der Waals surface area contributed by atoms with Crippen molar-refractivity contribution in [1.29, 1.82) is 0 Å². The number of amides is 1. The Morgan fingerprint density at radius 1 is 1.47 bits per heavy atom. The van der Waals surface area contributed by atoms with Crippen molar-refractivity contribution in [3.8, 4) is 0 Å². The van der Waals surface area contributed by atoms with Crippen LogP contribution >= 0.6 is 11.3 Å². The first-order valence-corrected chi connectivity index (χ1v) is 7.22. The lowest BCUT2D eigenvalue weighted by Gasteiger charge is -2.16. The van der Waals surface area contributed by atoms with E-state index in [1.54, 1.807) is 7.05 Å². The van der Waals surface area contributed by atoms with E-state index in [0.29, 0.717) is 16.1 Å². The molecule has 1 aromatic rings. The third-order valence-electron chi connectivity index (χ3n) is 3.37. The summed E-state index contributed by atoms with van der Waals surface area (Å²) in [6.45, 7) is 2.74. The minimum Gasteiger partial charge on any atom is -0.397 e. The molecule has 2 rings (SSSR count). The van der Waals surface area contributed by atoms with Crippen molar-refractivity contribution < 1.29 is 9.59 Å². The van der Waals surface area contributed by atoms with Gasteiger partial charge in [0.25, 0.3) is 5.91 Å². The van der Waals surface area contributed by atoms with Crippen molar-refractivity contribution in [3.05, 3.63) is 10.4 Å². The minimum absolute atomic E-state index is 0.0865. The molecule has 0 atom stereocenters. The number of hydrogen-bond donors (Lipinski definition) is 2. The van der Waals surface area contributed by atoms with E-state index in [1.165, 1.54) is 11.3 Å². The van der Waals surface area contributed by atoms with Gasteiger partial charge in [0.15, 0.2) is 5.78 Å². The summed E-state index contributed by atoms with van der Waals surface area (Å²) in [7, 11) is 3.46. The van der Waals surface area contributed by atoms with Gasteiger partial charge in [-0.15, -0.1) is 11.3 Å². The highest BCUT2D eigenvalue weighted by Gasteiger charge is 2.35.